The zero-order valence-corrected chi connectivity index (χ0v) is 12.5. The lowest BCUT2D eigenvalue weighted by atomic mass is 9.80. The van der Waals surface area contributed by atoms with E-state index in [-0.39, 0.29) is 0 Å². The maximum Gasteiger partial charge on any atom is 0.0765 e. The van der Waals surface area contributed by atoms with Gasteiger partial charge in [-0.15, -0.1) is 0 Å². The Hall–Kier alpha value is -1.68. The van der Waals surface area contributed by atoms with Crippen molar-refractivity contribution in [3.63, 3.8) is 0 Å². The van der Waals surface area contributed by atoms with Crippen LogP contribution in [0, 0.1) is 12.8 Å². The molecule has 2 heterocycles. The summed E-state index contributed by atoms with van der Waals surface area (Å²) in [4.78, 5) is 4.59. The summed E-state index contributed by atoms with van der Waals surface area (Å²) in [6, 6.07) is 4.66. The molecule has 2 N–H and O–H groups in total. The Kier molecular flexibility index (Phi) is 3.07. The summed E-state index contributed by atoms with van der Waals surface area (Å²) < 4.78 is 2.18. The Balaban J connectivity index is 1.70. The molecule has 4 nitrogen and oxygen atoms in total. The topological polar surface area (TPSA) is 56.7 Å². The highest BCUT2D eigenvalue weighted by Crippen LogP contribution is 2.45. The van der Waals surface area contributed by atoms with Crippen LogP contribution >= 0.6 is 0 Å². The van der Waals surface area contributed by atoms with Gasteiger partial charge in [-0.2, -0.15) is 5.10 Å². The molecule has 2 fully saturated rings. The van der Waals surface area contributed by atoms with E-state index in [1.54, 1.807) is 0 Å². The fraction of sp³-hybridized carbons (Fsp3) is 0.529. The molecule has 0 aromatic carbocycles. The fourth-order valence-corrected chi connectivity index (χ4v) is 3.31. The van der Waals surface area contributed by atoms with Crippen molar-refractivity contribution in [1.82, 2.24) is 14.8 Å². The molecule has 2 aliphatic rings. The lowest BCUT2D eigenvalue weighted by molar-refractivity contribution is 0.189. The van der Waals surface area contributed by atoms with E-state index < -0.39 is 0 Å². The van der Waals surface area contributed by atoms with Crippen molar-refractivity contribution in [3.8, 4) is 11.3 Å². The van der Waals surface area contributed by atoms with Crippen molar-refractivity contribution in [3.05, 3.63) is 35.8 Å². The van der Waals surface area contributed by atoms with Crippen LogP contribution in [0.25, 0.3) is 11.3 Å². The molecule has 0 amide bonds. The molecule has 0 aliphatic heterocycles. The summed E-state index contributed by atoms with van der Waals surface area (Å²) >= 11 is 0. The zero-order valence-electron chi connectivity index (χ0n) is 12.5. The van der Waals surface area contributed by atoms with Gasteiger partial charge in [0.15, 0.2) is 0 Å². The summed E-state index contributed by atoms with van der Waals surface area (Å²) in [5.74, 6) is 1.33. The first-order valence-corrected chi connectivity index (χ1v) is 7.97. The molecular formula is C17H22N4. The molecule has 0 unspecified atom stereocenters. The normalized spacial score (nSPS) is 24.9. The number of aromatic nitrogens is 3. The largest absolute Gasteiger partial charge is 0.330 e. The van der Waals surface area contributed by atoms with Gasteiger partial charge in [-0.05, 0) is 56.7 Å². The van der Waals surface area contributed by atoms with Gasteiger partial charge in [0.2, 0.25) is 0 Å². The first-order chi connectivity index (χ1) is 10.3. The number of pyridine rings is 1. The SMILES string of the molecule is Cc1cccnc1-c1cn(C2CC(CN)C2)nc1C1CC1. The van der Waals surface area contributed by atoms with Gasteiger partial charge in [0, 0.05) is 23.9 Å². The molecule has 0 radical (unpaired) electrons. The van der Waals surface area contributed by atoms with Crippen LogP contribution in [-0.2, 0) is 0 Å². The Morgan fingerprint density at radius 2 is 2.14 bits per heavy atom. The first-order valence-electron chi connectivity index (χ1n) is 7.97. The highest BCUT2D eigenvalue weighted by Gasteiger charge is 2.34. The maximum atomic E-state index is 5.74. The van der Waals surface area contributed by atoms with E-state index in [1.807, 2.05) is 12.3 Å². The average molecular weight is 282 g/mol. The minimum Gasteiger partial charge on any atom is -0.330 e. The van der Waals surface area contributed by atoms with Gasteiger partial charge in [0.25, 0.3) is 0 Å². The van der Waals surface area contributed by atoms with Gasteiger partial charge >= 0.3 is 0 Å². The number of aryl methyl sites for hydroxylation is 1. The molecular weight excluding hydrogens is 260 g/mol. The quantitative estimate of drug-likeness (QED) is 0.937. The molecule has 2 aromatic heterocycles. The summed E-state index contributed by atoms with van der Waals surface area (Å²) in [5.41, 5.74) is 10.6. The van der Waals surface area contributed by atoms with Crippen LogP contribution in [0.3, 0.4) is 0 Å². The molecule has 0 atom stereocenters. The minimum absolute atomic E-state index is 0.536. The van der Waals surface area contributed by atoms with Crippen LogP contribution in [0.4, 0.5) is 0 Å². The van der Waals surface area contributed by atoms with Crippen LogP contribution in [0.5, 0.6) is 0 Å². The van der Waals surface area contributed by atoms with Crippen LogP contribution < -0.4 is 5.73 Å². The highest BCUT2D eigenvalue weighted by atomic mass is 15.3. The van der Waals surface area contributed by atoms with Crippen LogP contribution in [0.15, 0.2) is 24.5 Å². The van der Waals surface area contributed by atoms with Crippen molar-refractivity contribution in [1.29, 1.82) is 0 Å². The van der Waals surface area contributed by atoms with Crippen molar-refractivity contribution >= 4 is 0 Å². The lowest BCUT2D eigenvalue weighted by Crippen LogP contribution is -2.32. The average Bonchev–Trinajstić information content (AvgIpc) is 3.19. The minimum atomic E-state index is 0.536. The number of rotatable bonds is 4. The van der Waals surface area contributed by atoms with Crippen LogP contribution in [0.1, 0.15) is 48.9 Å². The molecule has 110 valence electrons. The second-order valence-corrected chi connectivity index (χ2v) is 6.58. The third-order valence-corrected chi connectivity index (χ3v) is 4.91. The zero-order chi connectivity index (χ0) is 14.4. The number of hydrogen-bond acceptors (Lipinski definition) is 3. The van der Waals surface area contributed by atoms with E-state index in [9.17, 15) is 0 Å². The number of hydrogen-bond donors (Lipinski definition) is 1. The predicted octanol–water partition coefficient (Wildman–Crippen LogP) is 3.04. The van der Waals surface area contributed by atoms with Gasteiger partial charge in [0.1, 0.15) is 0 Å². The standard InChI is InChI=1S/C17H22N4/c1-11-3-2-6-19-16(11)15-10-21(14-7-12(8-14)9-18)20-17(15)13-4-5-13/h2-3,6,10,12-14H,4-5,7-9,18H2,1H3. The van der Waals surface area contributed by atoms with Crippen LogP contribution in [-0.4, -0.2) is 21.3 Å². The van der Waals surface area contributed by atoms with Gasteiger partial charge in [-0.1, -0.05) is 6.07 Å². The Morgan fingerprint density at radius 3 is 2.81 bits per heavy atom. The van der Waals surface area contributed by atoms with Gasteiger partial charge in [-0.3, -0.25) is 9.67 Å². The third-order valence-electron chi connectivity index (χ3n) is 4.91. The number of nitrogens with zero attached hydrogens (tertiary/aromatic N) is 3. The predicted molar refractivity (Wildman–Crippen MR) is 83.0 cm³/mol. The fourth-order valence-electron chi connectivity index (χ4n) is 3.31. The van der Waals surface area contributed by atoms with Gasteiger partial charge in [0.05, 0.1) is 17.4 Å². The van der Waals surface area contributed by atoms with Gasteiger partial charge in [-0.25, -0.2) is 0 Å². The monoisotopic (exact) mass is 282 g/mol. The Morgan fingerprint density at radius 1 is 1.33 bits per heavy atom. The smallest absolute Gasteiger partial charge is 0.0765 e. The number of nitrogens with two attached hydrogens (primary N) is 1. The molecule has 0 saturated heterocycles. The molecule has 4 heteroatoms. The molecule has 2 aromatic rings. The molecule has 0 bridgehead atoms. The molecule has 2 saturated carbocycles. The van der Waals surface area contributed by atoms with E-state index in [0.717, 1.165) is 12.2 Å². The summed E-state index contributed by atoms with van der Waals surface area (Å²) in [6.07, 6.45) is 8.98. The molecule has 0 spiro atoms. The highest BCUT2D eigenvalue weighted by molar-refractivity contribution is 5.65. The first kappa shape index (κ1) is 13.0. The van der Waals surface area contributed by atoms with E-state index in [0.29, 0.717) is 17.9 Å². The van der Waals surface area contributed by atoms with E-state index >= 15 is 0 Å². The van der Waals surface area contributed by atoms with Crippen molar-refractivity contribution < 1.29 is 0 Å². The van der Waals surface area contributed by atoms with Crippen molar-refractivity contribution in [2.45, 2.75) is 44.6 Å². The molecule has 4 rings (SSSR count). The van der Waals surface area contributed by atoms with E-state index in [2.05, 4.69) is 28.9 Å². The third kappa shape index (κ3) is 2.27. The second kappa shape index (κ2) is 4.95. The summed E-state index contributed by atoms with van der Waals surface area (Å²) in [5, 5.41) is 4.92. The second-order valence-electron chi connectivity index (χ2n) is 6.58. The lowest BCUT2D eigenvalue weighted by Gasteiger charge is -2.34. The Labute approximate surface area is 125 Å². The summed E-state index contributed by atoms with van der Waals surface area (Å²) in [7, 11) is 0. The molecule has 21 heavy (non-hydrogen) atoms. The maximum absolute atomic E-state index is 5.74. The Bertz CT molecular complexity index is 651. The van der Waals surface area contributed by atoms with E-state index in [4.69, 9.17) is 10.8 Å². The van der Waals surface area contributed by atoms with Crippen LogP contribution in [0.2, 0.25) is 0 Å². The van der Waals surface area contributed by atoms with Crippen molar-refractivity contribution in [2.24, 2.45) is 11.7 Å². The van der Waals surface area contributed by atoms with Crippen molar-refractivity contribution in [2.75, 3.05) is 6.54 Å². The molecule has 2 aliphatic carbocycles. The summed E-state index contributed by atoms with van der Waals surface area (Å²) in [6.45, 7) is 2.93. The van der Waals surface area contributed by atoms with E-state index in [1.165, 1.54) is 42.5 Å². The van der Waals surface area contributed by atoms with Gasteiger partial charge < -0.3 is 5.73 Å².